The van der Waals surface area contributed by atoms with Crippen molar-refractivity contribution in [1.82, 2.24) is 0 Å². The van der Waals surface area contributed by atoms with Gasteiger partial charge < -0.3 is 0 Å². The van der Waals surface area contributed by atoms with Crippen LogP contribution in [0.4, 0.5) is 0 Å². The fourth-order valence-electron chi connectivity index (χ4n) is 1.14. The van der Waals surface area contributed by atoms with Gasteiger partial charge in [0.05, 0.1) is 0 Å². The highest BCUT2D eigenvalue weighted by Gasteiger charge is 2.11. The summed E-state index contributed by atoms with van der Waals surface area (Å²) in [4.78, 5) is 0. The van der Waals surface area contributed by atoms with Crippen molar-refractivity contribution in [2.45, 2.75) is 40.5 Å². The minimum absolute atomic E-state index is 0.721. The van der Waals surface area contributed by atoms with Crippen molar-refractivity contribution in [2.75, 3.05) is 5.88 Å². The van der Waals surface area contributed by atoms with Crippen LogP contribution in [0.1, 0.15) is 40.5 Å². The molecule has 0 aromatic carbocycles. The van der Waals surface area contributed by atoms with E-state index in [9.17, 15) is 0 Å². The lowest BCUT2D eigenvalue weighted by Crippen LogP contribution is -2.11. The van der Waals surface area contributed by atoms with E-state index < -0.39 is 0 Å². The van der Waals surface area contributed by atoms with Crippen LogP contribution in [0.2, 0.25) is 0 Å². The predicted molar refractivity (Wildman–Crippen MR) is 53.1 cm³/mol. The molecule has 1 unspecified atom stereocenters. The number of rotatable bonds is 5. The summed E-state index contributed by atoms with van der Waals surface area (Å²) in [6, 6.07) is 0. The maximum Gasteiger partial charge on any atom is 0.0254 e. The third kappa shape index (κ3) is 5.55. The lowest BCUT2D eigenvalue weighted by molar-refractivity contribution is 0.362. The van der Waals surface area contributed by atoms with Gasteiger partial charge in [0, 0.05) is 5.88 Å². The standard InChI is InChI=1S/C10H21Cl/c1-8(2)5-6-10(7-11)9(3)4/h8-10H,5-7H2,1-4H3. The first-order valence-electron chi connectivity index (χ1n) is 4.63. The van der Waals surface area contributed by atoms with Gasteiger partial charge in [-0.1, -0.05) is 34.1 Å². The van der Waals surface area contributed by atoms with Crippen LogP contribution >= 0.6 is 11.6 Å². The van der Waals surface area contributed by atoms with Crippen LogP contribution in [-0.4, -0.2) is 5.88 Å². The number of alkyl halides is 1. The first-order valence-corrected chi connectivity index (χ1v) is 5.17. The topological polar surface area (TPSA) is 0 Å². The van der Waals surface area contributed by atoms with Gasteiger partial charge in [0.2, 0.25) is 0 Å². The van der Waals surface area contributed by atoms with E-state index in [0.717, 1.165) is 23.6 Å². The fraction of sp³-hybridized carbons (Fsp3) is 1.00. The SMILES string of the molecule is CC(C)CCC(CCl)C(C)C. The second-order valence-corrected chi connectivity index (χ2v) is 4.44. The maximum atomic E-state index is 5.85. The smallest absolute Gasteiger partial charge is 0.0254 e. The van der Waals surface area contributed by atoms with Gasteiger partial charge >= 0.3 is 0 Å². The summed E-state index contributed by atoms with van der Waals surface area (Å²) in [6.07, 6.45) is 2.61. The molecule has 0 aliphatic rings. The van der Waals surface area contributed by atoms with E-state index in [0.29, 0.717) is 0 Å². The van der Waals surface area contributed by atoms with Crippen molar-refractivity contribution < 1.29 is 0 Å². The summed E-state index contributed by atoms with van der Waals surface area (Å²) in [5, 5.41) is 0. The molecule has 0 aliphatic carbocycles. The molecule has 0 saturated carbocycles. The largest absolute Gasteiger partial charge is 0.126 e. The van der Waals surface area contributed by atoms with E-state index in [1.807, 2.05) is 0 Å². The molecule has 0 radical (unpaired) electrons. The first-order chi connectivity index (χ1) is 5.07. The lowest BCUT2D eigenvalue weighted by atomic mass is 9.90. The Labute approximate surface area is 76.3 Å². The molecule has 0 saturated heterocycles. The van der Waals surface area contributed by atoms with Crippen LogP contribution in [0, 0.1) is 17.8 Å². The van der Waals surface area contributed by atoms with E-state index in [-0.39, 0.29) is 0 Å². The summed E-state index contributed by atoms with van der Waals surface area (Å²) in [6.45, 7) is 9.05. The van der Waals surface area contributed by atoms with Crippen LogP contribution < -0.4 is 0 Å². The van der Waals surface area contributed by atoms with Crippen LogP contribution in [-0.2, 0) is 0 Å². The maximum absolute atomic E-state index is 5.85. The van der Waals surface area contributed by atoms with Gasteiger partial charge in [-0.05, 0) is 24.2 Å². The highest BCUT2D eigenvalue weighted by atomic mass is 35.5. The molecule has 0 N–H and O–H groups in total. The average molecular weight is 177 g/mol. The van der Waals surface area contributed by atoms with E-state index in [1.165, 1.54) is 12.8 Å². The van der Waals surface area contributed by atoms with Crippen molar-refractivity contribution in [3.05, 3.63) is 0 Å². The normalized spacial score (nSPS) is 14.5. The quantitative estimate of drug-likeness (QED) is 0.557. The van der Waals surface area contributed by atoms with Gasteiger partial charge in [-0.25, -0.2) is 0 Å². The van der Waals surface area contributed by atoms with Gasteiger partial charge in [0.25, 0.3) is 0 Å². The molecule has 0 rings (SSSR count). The molecule has 0 fully saturated rings. The molecular formula is C10H21Cl. The molecule has 0 spiro atoms. The van der Waals surface area contributed by atoms with Crippen molar-refractivity contribution in [3.8, 4) is 0 Å². The van der Waals surface area contributed by atoms with Crippen LogP contribution in [0.15, 0.2) is 0 Å². The summed E-state index contributed by atoms with van der Waals surface area (Å²) in [5.41, 5.74) is 0. The predicted octanol–water partition coefficient (Wildman–Crippen LogP) is 3.93. The Balaban J connectivity index is 3.52. The van der Waals surface area contributed by atoms with Crippen molar-refractivity contribution in [1.29, 1.82) is 0 Å². The molecule has 0 aromatic heterocycles. The number of hydrogen-bond acceptors (Lipinski definition) is 0. The van der Waals surface area contributed by atoms with E-state index >= 15 is 0 Å². The summed E-state index contributed by atoms with van der Waals surface area (Å²) < 4.78 is 0. The third-order valence-corrected chi connectivity index (χ3v) is 2.65. The molecule has 0 amide bonds. The number of hydrogen-bond donors (Lipinski definition) is 0. The molecule has 1 atom stereocenters. The Kier molecular flexibility index (Phi) is 6.03. The Morgan fingerprint density at radius 3 is 1.82 bits per heavy atom. The number of halogens is 1. The third-order valence-electron chi connectivity index (χ3n) is 2.26. The van der Waals surface area contributed by atoms with E-state index in [4.69, 9.17) is 11.6 Å². The average Bonchev–Trinajstić information content (AvgIpc) is 1.87. The minimum atomic E-state index is 0.721. The zero-order chi connectivity index (χ0) is 8.85. The van der Waals surface area contributed by atoms with Gasteiger partial charge in [0.15, 0.2) is 0 Å². The van der Waals surface area contributed by atoms with E-state index in [1.54, 1.807) is 0 Å². The summed E-state index contributed by atoms with van der Waals surface area (Å²) in [5.74, 6) is 3.11. The Morgan fingerprint density at radius 1 is 1.00 bits per heavy atom. The van der Waals surface area contributed by atoms with Gasteiger partial charge in [0.1, 0.15) is 0 Å². The molecule has 11 heavy (non-hydrogen) atoms. The van der Waals surface area contributed by atoms with Gasteiger partial charge in [-0.3, -0.25) is 0 Å². The Hall–Kier alpha value is 0.290. The van der Waals surface area contributed by atoms with Crippen LogP contribution in [0.25, 0.3) is 0 Å². The van der Waals surface area contributed by atoms with Crippen molar-refractivity contribution >= 4 is 11.6 Å². The minimum Gasteiger partial charge on any atom is -0.126 e. The Bertz CT molecular complexity index is 86.9. The van der Waals surface area contributed by atoms with Gasteiger partial charge in [-0.15, -0.1) is 11.6 Å². The summed E-state index contributed by atoms with van der Waals surface area (Å²) >= 11 is 5.85. The van der Waals surface area contributed by atoms with Crippen LogP contribution in [0.3, 0.4) is 0 Å². The van der Waals surface area contributed by atoms with Crippen LogP contribution in [0.5, 0.6) is 0 Å². The van der Waals surface area contributed by atoms with Crippen molar-refractivity contribution in [2.24, 2.45) is 17.8 Å². The highest BCUT2D eigenvalue weighted by molar-refractivity contribution is 6.18. The second-order valence-electron chi connectivity index (χ2n) is 4.13. The molecular weight excluding hydrogens is 156 g/mol. The fourth-order valence-corrected chi connectivity index (χ4v) is 1.65. The molecule has 68 valence electrons. The first kappa shape index (κ1) is 11.3. The molecule has 0 nitrogen and oxygen atoms in total. The Morgan fingerprint density at radius 2 is 1.55 bits per heavy atom. The molecule has 0 bridgehead atoms. The molecule has 0 aromatic rings. The molecule has 0 heterocycles. The summed E-state index contributed by atoms with van der Waals surface area (Å²) in [7, 11) is 0. The van der Waals surface area contributed by atoms with Gasteiger partial charge in [-0.2, -0.15) is 0 Å². The zero-order valence-corrected chi connectivity index (χ0v) is 8.99. The molecule has 1 heteroatoms. The second kappa shape index (κ2) is 5.88. The highest BCUT2D eigenvalue weighted by Crippen LogP contribution is 2.20. The lowest BCUT2D eigenvalue weighted by Gasteiger charge is -2.18. The molecule has 0 aliphatic heterocycles. The zero-order valence-electron chi connectivity index (χ0n) is 8.23. The van der Waals surface area contributed by atoms with Crippen molar-refractivity contribution in [3.63, 3.8) is 0 Å². The van der Waals surface area contributed by atoms with E-state index in [2.05, 4.69) is 27.7 Å². The monoisotopic (exact) mass is 176 g/mol.